The molecule has 4 heteroatoms. The zero-order valence-corrected chi connectivity index (χ0v) is 5.76. The number of hydrogen-bond acceptors (Lipinski definition) is 3. The molecule has 1 N–H and O–H groups in total. The minimum atomic E-state index is 0.524. The van der Waals surface area contributed by atoms with Gasteiger partial charge in [0.15, 0.2) is 0 Å². The summed E-state index contributed by atoms with van der Waals surface area (Å²) in [7, 11) is 0. The highest BCUT2D eigenvalue weighted by molar-refractivity contribution is 6.23. The minimum absolute atomic E-state index is 0.524. The summed E-state index contributed by atoms with van der Waals surface area (Å²) in [5.41, 5.74) is 0.524. The smallest absolute Gasteiger partial charge is 0.140 e. The molecule has 1 aromatic heterocycles. The third-order valence-corrected chi connectivity index (χ3v) is 1.18. The molecule has 10 heavy (non-hydrogen) atoms. The summed E-state index contributed by atoms with van der Waals surface area (Å²) in [6.45, 7) is 0. The van der Waals surface area contributed by atoms with Gasteiger partial charge >= 0.3 is 0 Å². The van der Waals surface area contributed by atoms with Crippen LogP contribution in [0.5, 0.6) is 0 Å². The van der Waals surface area contributed by atoms with Crippen LogP contribution >= 0.6 is 11.8 Å². The molecular weight excluding hydrogens is 150 g/mol. The van der Waals surface area contributed by atoms with Gasteiger partial charge in [0.2, 0.25) is 0 Å². The van der Waals surface area contributed by atoms with E-state index < -0.39 is 0 Å². The number of hydrogen-bond donors (Lipinski definition) is 1. The first-order valence-corrected chi connectivity index (χ1v) is 2.97. The Labute approximate surface area is 63.4 Å². The lowest BCUT2D eigenvalue weighted by Gasteiger charge is -1.92. The topological polar surface area (TPSA) is 48.7 Å². The Morgan fingerprint density at radius 1 is 1.60 bits per heavy atom. The number of nitrogens with one attached hydrogen (secondary N) is 1. The number of pyridine rings is 1. The fourth-order valence-electron chi connectivity index (χ4n) is 0.516. The highest BCUT2D eigenvalue weighted by Gasteiger charge is 1.90. The Morgan fingerprint density at radius 2 is 2.40 bits per heavy atom. The molecule has 0 unspecified atom stereocenters. The maximum atomic E-state index is 8.36. The number of aromatic nitrogens is 1. The highest BCUT2D eigenvalue weighted by atomic mass is 35.5. The number of nitrogens with zero attached hydrogens (tertiary/aromatic N) is 2. The van der Waals surface area contributed by atoms with Crippen molar-refractivity contribution < 1.29 is 0 Å². The zero-order chi connectivity index (χ0) is 7.40. The van der Waals surface area contributed by atoms with Gasteiger partial charge in [-0.2, -0.15) is 5.26 Å². The van der Waals surface area contributed by atoms with Gasteiger partial charge in [0.1, 0.15) is 11.9 Å². The lowest BCUT2D eigenvalue weighted by atomic mass is 10.3. The maximum absolute atomic E-state index is 8.36. The van der Waals surface area contributed by atoms with Crippen LogP contribution in [0.3, 0.4) is 0 Å². The van der Waals surface area contributed by atoms with Crippen molar-refractivity contribution in [3.05, 3.63) is 23.9 Å². The summed E-state index contributed by atoms with van der Waals surface area (Å²) in [6.07, 6.45) is 1.45. The van der Waals surface area contributed by atoms with E-state index in [2.05, 4.69) is 9.82 Å². The van der Waals surface area contributed by atoms with Crippen molar-refractivity contribution in [2.45, 2.75) is 0 Å². The molecule has 0 amide bonds. The van der Waals surface area contributed by atoms with Crippen LogP contribution in [0.2, 0.25) is 0 Å². The van der Waals surface area contributed by atoms with Gasteiger partial charge in [-0.25, -0.2) is 4.98 Å². The fraction of sp³-hybridized carbons (Fsp3) is 0. The molecule has 3 nitrogen and oxygen atoms in total. The van der Waals surface area contributed by atoms with E-state index in [-0.39, 0.29) is 0 Å². The van der Waals surface area contributed by atoms with Gasteiger partial charge in [-0.3, -0.25) is 4.84 Å². The monoisotopic (exact) mass is 153 g/mol. The molecule has 0 spiro atoms. The second-order valence-corrected chi connectivity index (χ2v) is 1.83. The Balaban J connectivity index is 2.93. The molecule has 0 aromatic carbocycles. The van der Waals surface area contributed by atoms with Gasteiger partial charge in [0, 0.05) is 18.0 Å². The summed E-state index contributed by atoms with van der Waals surface area (Å²) < 4.78 is 0. The quantitative estimate of drug-likeness (QED) is 0.623. The van der Waals surface area contributed by atoms with Crippen molar-refractivity contribution in [1.29, 1.82) is 5.26 Å². The Morgan fingerprint density at radius 3 is 2.80 bits per heavy atom. The molecule has 1 aromatic rings. The van der Waals surface area contributed by atoms with E-state index in [4.69, 9.17) is 17.0 Å². The van der Waals surface area contributed by atoms with Crippen molar-refractivity contribution in [1.82, 2.24) is 4.98 Å². The van der Waals surface area contributed by atoms with E-state index in [0.29, 0.717) is 11.4 Å². The normalized spacial score (nSPS) is 8.40. The van der Waals surface area contributed by atoms with Crippen LogP contribution in [0.4, 0.5) is 5.82 Å². The first kappa shape index (κ1) is 6.84. The second-order valence-electron chi connectivity index (χ2n) is 1.64. The third kappa shape index (κ3) is 1.36. The van der Waals surface area contributed by atoms with Crippen LogP contribution in [0.25, 0.3) is 0 Å². The molecule has 0 radical (unpaired) electrons. The Hall–Kier alpha value is -1.27. The molecule has 50 valence electrons. The van der Waals surface area contributed by atoms with Crippen LogP contribution in [0.1, 0.15) is 5.56 Å². The number of nitriles is 1. The first-order chi connectivity index (χ1) is 4.86. The predicted octanol–water partition coefficient (Wildman–Crippen LogP) is 1.52. The number of rotatable bonds is 1. The van der Waals surface area contributed by atoms with Gasteiger partial charge in [-0.15, -0.1) is 0 Å². The van der Waals surface area contributed by atoms with Crippen molar-refractivity contribution in [2.24, 2.45) is 0 Å². The average molecular weight is 154 g/mol. The van der Waals surface area contributed by atoms with Gasteiger partial charge < -0.3 is 0 Å². The summed E-state index contributed by atoms with van der Waals surface area (Å²) >= 11 is 5.23. The molecule has 0 saturated carbocycles. The SMILES string of the molecule is N#Cc1ccc(NCl)nc1. The molecular formula is C6H4ClN3. The highest BCUT2D eigenvalue weighted by Crippen LogP contribution is 2.03. The molecule has 1 rings (SSSR count). The van der Waals surface area contributed by atoms with Crippen molar-refractivity contribution in [3.8, 4) is 6.07 Å². The minimum Gasteiger partial charge on any atom is -0.283 e. The van der Waals surface area contributed by atoms with Crippen LogP contribution < -0.4 is 4.84 Å². The van der Waals surface area contributed by atoms with Gasteiger partial charge in [0.05, 0.1) is 5.56 Å². The van der Waals surface area contributed by atoms with E-state index >= 15 is 0 Å². The Kier molecular flexibility index (Phi) is 2.08. The molecule has 0 aliphatic rings. The summed E-state index contributed by atoms with van der Waals surface area (Å²) in [5.74, 6) is 0.542. The van der Waals surface area contributed by atoms with E-state index in [1.54, 1.807) is 12.1 Å². The number of anilines is 1. The molecule has 0 aliphatic carbocycles. The lowest BCUT2D eigenvalue weighted by Crippen LogP contribution is -1.84. The van der Waals surface area contributed by atoms with Crippen molar-refractivity contribution in [2.75, 3.05) is 4.84 Å². The molecule has 1 heterocycles. The summed E-state index contributed by atoms with van der Waals surface area (Å²) in [4.78, 5) is 6.13. The summed E-state index contributed by atoms with van der Waals surface area (Å²) in [6, 6.07) is 5.21. The molecule has 0 atom stereocenters. The number of halogens is 1. The van der Waals surface area contributed by atoms with Gasteiger partial charge in [-0.1, -0.05) is 0 Å². The van der Waals surface area contributed by atoms with Crippen molar-refractivity contribution >= 4 is 17.6 Å². The molecule has 0 fully saturated rings. The van der Waals surface area contributed by atoms with E-state index in [1.165, 1.54) is 6.20 Å². The maximum Gasteiger partial charge on any atom is 0.140 e. The van der Waals surface area contributed by atoms with E-state index in [9.17, 15) is 0 Å². The van der Waals surface area contributed by atoms with Crippen LogP contribution in [-0.4, -0.2) is 4.98 Å². The molecule has 0 saturated heterocycles. The van der Waals surface area contributed by atoms with Crippen LogP contribution in [0, 0.1) is 11.3 Å². The van der Waals surface area contributed by atoms with E-state index in [0.717, 1.165) is 0 Å². The van der Waals surface area contributed by atoms with Gasteiger partial charge in [0.25, 0.3) is 0 Å². The summed E-state index contributed by atoms with van der Waals surface area (Å²) in [5, 5.41) is 8.36. The largest absolute Gasteiger partial charge is 0.283 e. The standard InChI is InChI=1S/C6H4ClN3/c7-10-6-2-1-5(3-8)4-9-6/h1-2,4H,(H,9,10). The first-order valence-electron chi connectivity index (χ1n) is 2.59. The van der Waals surface area contributed by atoms with Gasteiger partial charge in [-0.05, 0) is 12.1 Å². The zero-order valence-electron chi connectivity index (χ0n) is 5.00. The van der Waals surface area contributed by atoms with Crippen molar-refractivity contribution in [3.63, 3.8) is 0 Å². The fourth-order valence-corrected chi connectivity index (χ4v) is 0.628. The predicted molar refractivity (Wildman–Crippen MR) is 38.4 cm³/mol. The second kappa shape index (κ2) is 3.04. The van der Waals surface area contributed by atoms with Crippen LogP contribution in [0.15, 0.2) is 18.3 Å². The lowest BCUT2D eigenvalue weighted by molar-refractivity contribution is 1.31. The Bertz CT molecular complexity index is 249. The molecule has 0 bridgehead atoms. The van der Waals surface area contributed by atoms with E-state index in [1.807, 2.05) is 6.07 Å². The average Bonchev–Trinajstić information content (AvgIpc) is 2.05. The van der Waals surface area contributed by atoms with Crippen LogP contribution in [-0.2, 0) is 0 Å². The third-order valence-electron chi connectivity index (χ3n) is 0.989. The molecule has 0 aliphatic heterocycles.